The number of thiazole rings is 1. The van der Waals surface area contributed by atoms with Crippen LogP contribution in [0.4, 0.5) is 5.00 Å². The third-order valence-corrected chi connectivity index (χ3v) is 4.25. The van der Waals surface area contributed by atoms with Crippen LogP contribution in [0.5, 0.6) is 5.75 Å². The molecule has 5 nitrogen and oxygen atoms in total. The van der Waals surface area contributed by atoms with E-state index in [1.54, 1.807) is 29.8 Å². The van der Waals surface area contributed by atoms with Gasteiger partial charge in [0.25, 0.3) is 5.91 Å². The second kappa shape index (κ2) is 7.25. The molecular formula is C18H16N2O3S. The number of anilines is 1. The normalized spacial score (nSPS) is 11.8. The summed E-state index contributed by atoms with van der Waals surface area (Å²) in [6, 6.07) is 16.4. The second-order valence-electron chi connectivity index (χ2n) is 5.06. The van der Waals surface area contributed by atoms with Crippen LogP contribution in [0, 0.1) is 0 Å². The fourth-order valence-corrected chi connectivity index (χ4v) is 2.98. The predicted molar refractivity (Wildman–Crippen MR) is 94.1 cm³/mol. The maximum Gasteiger partial charge on any atom is 0.258 e. The number of aliphatic hydroxyl groups is 1. The number of carbonyl (C=O) groups excluding carboxylic acids is 1. The fourth-order valence-electron chi connectivity index (χ4n) is 2.28. The first kappa shape index (κ1) is 16.2. The Morgan fingerprint density at radius 1 is 1.21 bits per heavy atom. The van der Waals surface area contributed by atoms with E-state index in [1.165, 1.54) is 18.4 Å². The van der Waals surface area contributed by atoms with Crippen molar-refractivity contribution in [1.82, 2.24) is 4.98 Å². The van der Waals surface area contributed by atoms with E-state index in [-0.39, 0.29) is 0 Å². The molecule has 122 valence electrons. The third-order valence-electron chi connectivity index (χ3n) is 3.51. The predicted octanol–water partition coefficient (Wildman–Crippen LogP) is 3.49. The first-order valence-electron chi connectivity index (χ1n) is 7.31. The Bertz CT molecular complexity index is 833. The molecule has 3 rings (SSSR count). The highest BCUT2D eigenvalue weighted by atomic mass is 32.1. The van der Waals surface area contributed by atoms with E-state index < -0.39 is 12.0 Å². The lowest BCUT2D eigenvalue weighted by molar-refractivity contribution is -0.124. The number of methoxy groups -OCH3 is 1. The van der Waals surface area contributed by atoms with Crippen LogP contribution in [-0.2, 0) is 4.79 Å². The van der Waals surface area contributed by atoms with Crippen molar-refractivity contribution in [3.05, 3.63) is 65.7 Å². The summed E-state index contributed by atoms with van der Waals surface area (Å²) in [5.41, 5.74) is 3.73. The van der Waals surface area contributed by atoms with Gasteiger partial charge in [0, 0.05) is 5.56 Å². The lowest BCUT2D eigenvalue weighted by Gasteiger charge is -2.12. The maximum absolute atomic E-state index is 12.4. The van der Waals surface area contributed by atoms with Crippen LogP contribution in [0.2, 0.25) is 0 Å². The number of ether oxygens (including phenoxy) is 1. The van der Waals surface area contributed by atoms with Gasteiger partial charge < -0.3 is 15.2 Å². The van der Waals surface area contributed by atoms with Crippen LogP contribution in [0.15, 0.2) is 60.1 Å². The van der Waals surface area contributed by atoms with Gasteiger partial charge >= 0.3 is 0 Å². The topological polar surface area (TPSA) is 71.5 Å². The van der Waals surface area contributed by atoms with Crippen molar-refractivity contribution >= 4 is 22.2 Å². The van der Waals surface area contributed by atoms with Crippen LogP contribution < -0.4 is 10.1 Å². The maximum atomic E-state index is 12.4. The minimum Gasteiger partial charge on any atom is -0.497 e. The standard InChI is InChI=1S/C18H16N2O3S/c1-23-14-9-5-8-13(10-14)16(21)17(22)20-18-15(19-11-24-18)12-6-3-2-4-7-12/h2-11,16,21H,1H3,(H,20,22). The molecule has 0 fully saturated rings. The molecule has 0 radical (unpaired) electrons. The van der Waals surface area contributed by atoms with Crippen LogP contribution in [0.3, 0.4) is 0 Å². The van der Waals surface area contributed by atoms with Gasteiger partial charge in [-0.25, -0.2) is 4.98 Å². The molecule has 0 saturated carbocycles. The van der Waals surface area contributed by atoms with E-state index >= 15 is 0 Å². The van der Waals surface area contributed by atoms with E-state index in [4.69, 9.17) is 4.74 Å². The molecule has 1 amide bonds. The quantitative estimate of drug-likeness (QED) is 0.746. The number of aromatic nitrogens is 1. The lowest BCUT2D eigenvalue weighted by atomic mass is 10.1. The number of nitrogens with zero attached hydrogens (tertiary/aromatic N) is 1. The molecule has 1 atom stereocenters. The number of nitrogens with one attached hydrogen (secondary N) is 1. The van der Waals surface area contributed by atoms with Crippen LogP contribution in [0.1, 0.15) is 11.7 Å². The Hall–Kier alpha value is -2.70. The van der Waals surface area contributed by atoms with E-state index in [0.717, 1.165) is 5.56 Å². The van der Waals surface area contributed by atoms with Gasteiger partial charge in [-0.05, 0) is 17.7 Å². The molecule has 1 unspecified atom stereocenters. The van der Waals surface area contributed by atoms with Crippen molar-refractivity contribution in [3.8, 4) is 17.0 Å². The second-order valence-corrected chi connectivity index (χ2v) is 5.92. The Morgan fingerprint density at radius 2 is 2.00 bits per heavy atom. The molecule has 0 spiro atoms. The first-order valence-corrected chi connectivity index (χ1v) is 8.19. The van der Waals surface area contributed by atoms with Crippen LogP contribution in [0.25, 0.3) is 11.3 Å². The molecule has 24 heavy (non-hydrogen) atoms. The Kier molecular flexibility index (Phi) is 4.88. The zero-order chi connectivity index (χ0) is 16.9. The molecule has 0 aliphatic rings. The molecule has 0 saturated heterocycles. The van der Waals surface area contributed by atoms with E-state index in [9.17, 15) is 9.90 Å². The summed E-state index contributed by atoms with van der Waals surface area (Å²) in [5, 5.41) is 13.6. The number of hydrogen-bond donors (Lipinski definition) is 2. The van der Waals surface area contributed by atoms with Crippen molar-refractivity contribution in [3.63, 3.8) is 0 Å². The minimum absolute atomic E-state index is 0.470. The Balaban J connectivity index is 1.79. The molecule has 0 aliphatic carbocycles. The molecule has 3 aromatic rings. The first-order chi connectivity index (χ1) is 11.7. The molecule has 1 heterocycles. The largest absolute Gasteiger partial charge is 0.497 e. The molecule has 1 aromatic heterocycles. The van der Waals surface area contributed by atoms with Crippen molar-refractivity contribution in [1.29, 1.82) is 0 Å². The molecule has 0 bridgehead atoms. The van der Waals surface area contributed by atoms with Gasteiger partial charge in [0.05, 0.1) is 12.6 Å². The van der Waals surface area contributed by atoms with Gasteiger partial charge in [0.15, 0.2) is 6.10 Å². The number of hydrogen-bond acceptors (Lipinski definition) is 5. The number of rotatable bonds is 5. The number of benzene rings is 2. The van der Waals surface area contributed by atoms with Gasteiger partial charge in [-0.2, -0.15) is 0 Å². The summed E-state index contributed by atoms with van der Waals surface area (Å²) in [5.74, 6) is 0.0757. The summed E-state index contributed by atoms with van der Waals surface area (Å²) in [6.45, 7) is 0. The molecule has 6 heteroatoms. The smallest absolute Gasteiger partial charge is 0.258 e. The highest BCUT2D eigenvalue weighted by molar-refractivity contribution is 7.14. The number of amides is 1. The lowest BCUT2D eigenvalue weighted by Crippen LogP contribution is -2.20. The van der Waals surface area contributed by atoms with Gasteiger partial charge in [-0.3, -0.25) is 4.79 Å². The average Bonchev–Trinajstić information content (AvgIpc) is 3.10. The molecule has 0 aliphatic heterocycles. The fraction of sp³-hybridized carbons (Fsp3) is 0.111. The van der Waals surface area contributed by atoms with Crippen molar-refractivity contribution < 1.29 is 14.6 Å². The SMILES string of the molecule is COc1cccc(C(O)C(=O)Nc2scnc2-c2ccccc2)c1. The van der Waals surface area contributed by atoms with Gasteiger partial charge in [0.2, 0.25) is 0 Å². The summed E-state index contributed by atoms with van der Waals surface area (Å²) < 4.78 is 5.12. The van der Waals surface area contributed by atoms with Crippen molar-refractivity contribution in [2.45, 2.75) is 6.10 Å². The van der Waals surface area contributed by atoms with Crippen LogP contribution in [-0.4, -0.2) is 23.1 Å². The van der Waals surface area contributed by atoms with Gasteiger partial charge in [-0.15, -0.1) is 11.3 Å². The number of carbonyl (C=O) groups is 1. The molecule has 2 aromatic carbocycles. The summed E-state index contributed by atoms with van der Waals surface area (Å²) >= 11 is 1.31. The molecular weight excluding hydrogens is 324 g/mol. The molecule has 2 N–H and O–H groups in total. The highest BCUT2D eigenvalue weighted by Crippen LogP contribution is 2.31. The monoisotopic (exact) mass is 340 g/mol. The van der Waals surface area contributed by atoms with Crippen LogP contribution >= 0.6 is 11.3 Å². The summed E-state index contributed by atoms with van der Waals surface area (Å²) in [6.07, 6.45) is -1.29. The van der Waals surface area contributed by atoms with Gasteiger partial charge in [-0.1, -0.05) is 42.5 Å². The van der Waals surface area contributed by atoms with E-state index in [0.29, 0.717) is 22.0 Å². The average molecular weight is 340 g/mol. The zero-order valence-corrected chi connectivity index (χ0v) is 13.8. The van der Waals surface area contributed by atoms with Crippen molar-refractivity contribution in [2.24, 2.45) is 0 Å². The Labute approximate surface area is 143 Å². The van der Waals surface area contributed by atoms with Gasteiger partial charge in [0.1, 0.15) is 16.4 Å². The summed E-state index contributed by atoms with van der Waals surface area (Å²) in [4.78, 5) is 16.7. The van der Waals surface area contributed by atoms with Crippen molar-refractivity contribution in [2.75, 3.05) is 12.4 Å². The number of aliphatic hydroxyl groups excluding tert-OH is 1. The summed E-state index contributed by atoms with van der Waals surface area (Å²) in [7, 11) is 1.54. The highest BCUT2D eigenvalue weighted by Gasteiger charge is 2.20. The van der Waals surface area contributed by atoms with E-state index in [1.807, 2.05) is 30.3 Å². The Morgan fingerprint density at radius 3 is 2.75 bits per heavy atom. The zero-order valence-electron chi connectivity index (χ0n) is 13.0. The third kappa shape index (κ3) is 3.45. The van der Waals surface area contributed by atoms with E-state index in [2.05, 4.69) is 10.3 Å². The minimum atomic E-state index is -1.29.